The number of nitrogens with zero attached hydrogens (tertiary/aromatic N) is 3. The van der Waals surface area contributed by atoms with Crippen molar-refractivity contribution in [3.8, 4) is 0 Å². The molecular formula is C21H27N3O3. The van der Waals surface area contributed by atoms with E-state index in [0.717, 1.165) is 37.6 Å². The number of esters is 1. The number of carbonyl (C=O) groups excluding carboxylic acids is 1. The summed E-state index contributed by atoms with van der Waals surface area (Å²) in [4.78, 5) is 22.9. The summed E-state index contributed by atoms with van der Waals surface area (Å²) in [6, 6.07) is 3.83. The van der Waals surface area contributed by atoms with Crippen LogP contribution in [0.2, 0.25) is 0 Å². The first kappa shape index (κ1) is 18.2. The van der Waals surface area contributed by atoms with E-state index >= 15 is 0 Å². The maximum Gasteiger partial charge on any atom is 0.303 e. The molecule has 0 amide bonds. The topological polar surface area (TPSA) is 68.5 Å². The molecular weight excluding hydrogens is 342 g/mol. The normalized spacial score (nSPS) is 18.3. The van der Waals surface area contributed by atoms with Gasteiger partial charge in [0.2, 0.25) is 0 Å². The predicted octanol–water partition coefficient (Wildman–Crippen LogP) is 3.74. The minimum absolute atomic E-state index is 0.190. The molecule has 4 rings (SSSR count). The summed E-state index contributed by atoms with van der Waals surface area (Å²) in [5.74, 6) is 2.88. The van der Waals surface area contributed by atoms with E-state index < -0.39 is 0 Å². The van der Waals surface area contributed by atoms with E-state index in [2.05, 4.69) is 4.90 Å². The van der Waals surface area contributed by atoms with Gasteiger partial charge in [-0.2, -0.15) is 0 Å². The van der Waals surface area contributed by atoms with Crippen LogP contribution in [0.3, 0.4) is 0 Å². The zero-order valence-corrected chi connectivity index (χ0v) is 15.9. The second kappa shape index (κ2) is 8.21. The molecule has 1 aliphatic heterocycles. The Kier molecular flexibility index (Phi) is 5.53. The SMILES string of the molecule is CC(=O)OCc1ccc(CN2CCc3nc(C4CCCCC4)ncc3C2)o1. The van der Waals surface area contributed by atoms with Crippen LogP contribution in [0.1, 0.15) is 73.5 Å². The molecule has 0 bridgehead atoms. The van der Waals surface area contributed by atoms with Crippen LogP contribution < -0.4 is 0 Å². The van der Waals surface area contributed by atoms with Crippen LogP contribution in [0, 0.1) is 0 Å². The van der Waals surface area contributed by atoms with E-state index in [1.165, 1.54) is 50.3 Å². The van der Waals surface area contributed by atoms with Gasteiger partial charge in [0.25, 0.3) is 0 Å². The number of fused-ring (bicyclic) bond motifs is 1. The van der Waals surface area contributed by atoms with Gasteiger partial charge in [0.05, 0.1) is 6.54 Å². The van der Waals surface area contributed by atoms with E-state index in [1.54, 1.807) is 0 Å². The van der Waals surface area contributed by atoms with Crippen molar-refractivity contribution in [2.45, 2.75) is 71.1 Å². The van der Waals surface area contributed by atoms with Crippen LogP contribution in [0.25, 0.3) is 0 Å². The Hall–Kier alpha value is -2.21. The molecule has 0 unspecified atom stereocenters. The van der Waals surface area contributed by atoms with Crippen molar-refractivity contribution >= 4 is 5.97 Å². The molecule has 1 fully saturated rings. The summed E-state index contributed by atoms with van der Waals surface area (Å²) >= 11 is 0. The predicted molar refractivity (Wildman–Crippen MR) is 99.9 cm³/mol. The summed E-state index contributed by atoms with van der Waals surface area (Å²) in [6.45, 7) is 4.14. The molecule has 0 saturated heterocycles. The largest absolute Gasteiger partial charge is 0.461 e. The van der Waals surface area contributed by atoms with Gasteiger partial charge in [-0.1, -0.05) is 19.3 Å². The summed E-state index contributed by atoms with van der Waals surface area (Å²) in [5, 5.41) is 0. The van der Waals surface area contributed by atoms with Crippen LogP contribution in [0.5, 0.6) is 0 Å². The maximum absolute atomic E-state index is 10.9. The Balaban J connectivity index is 1.36. The molecule has 0 aromatic carbocycles. The fourth-order valence-corrected chi connectivity index (χ4v) is 4.06. The Morgan fingerprint density at radius 3 is 2.89 bits per heavy atom. The summed E-state index contributed by atoms with van der Waals surface area (Å²) in [6.07, 6.45) is 9.43. The lowest BCUT2D eigenvalue weighted by Crippen LogP contribution is -2.31. The lowest BCUT2D eigenvalue weighted by atomic mass is 9.88. The zero-order valence-electron chi connectivity index (χ0n) is 15.9. The van der Waals surface area contributed by atoms with Crippen molar-refractivity contribution in [3.05, 3.63) is 46.9 Å². The second-order valence-electron chi connectivity index (χ2n) is 7.64. The third kappa shape index (κ3) is 4.56. The first-order valence-corrected chi connectivity index (χ1v) is 9.95. The summed E-state index contributed by atoms with van der Waals surface area (Å²) in [7, 11) is 0. The van der Waals surface area contributed by atoms with Crippen molar-refractivity contribution in [2.24, 2.45) is 0 Å². The standard InChI is InChI=1S/C21H27N3O3/c1-15(25)26-14-19-8-7-18(27-19)13-24-10-9-20-17(12-24)11-22-21(23-20)16-5-3-2-4-6-16/h7-8,11,16H,2-6,9-10,12-14H2,1H3. The highest BCUT2D eigenvalue weighted by Gasteiger charge is 2.23. The smallest absolute Gasteiger partial charge is 0.303 e. The van der Waals surface area contributed by atoms with E-state index in [4.69, 9.17) is 19.1 Å². The Bertz CT molecular complexity index is 796. The highest BCUT2D eigenvalue weighted by molar-refractivity contribution is 5.65. The average molecular weight is 369 g/mol. The Morgan fingerprint density at radius 1 is 1.26 bits per heavy atom. The van der Waals surface area contributed by atoms with Gasteiger partial charge in [0, 0.05) is 49.8 Å². The van der Waals surface area contributed by atoms with Crippen molar-refractivity contribution in [2.75, 3.05) is 6.54 Å². The Labute approximate surface area is 159 Å². The fraction of sp³-hybridized carbons (Fsp3) is 0.571. The first-order chi connectivity index (χ1) is 13.2. The lowest BCUT2D eigenvalue weighted by Gasteiger charge is -2.28. The molecule has 2 aromatic heterocycles. The average Bonchev–Trinajstić information content (AvgIpc) is 3.14. The number of rotatable bonds is 5. The minimum Gasteiger partial charge on any atom is -0.461 e. The van der Waals surface area contributed by atoms with E-state index in [9.17, 15) is 4.79 Å². The molecule has 0 spiro atoms. The minimum atomic E-state index is -0.298. The van der Waals surface area contributed by atoms with Gasteiger partial charge in [0.1, 0.15) is 24.0 Å². The van der Waals surface area contributed by atoms with Crippen LogP contribution in [-0.4, -0.2) is 27.4 Å². The number of aromatic nitrogens is 2. The highest BCUT2D eigenvalue weighted by Crippen LogP contribution is 2.31. The molecule has 0 atom stereocenters. The van der Waals surface area contributed by atoms with Crippen LogP contribution >= 0.6 is 0 Å². The third-order valence-electron chi connectivity index (χ3n) is 5.52. The van der Waals surface area contributed by atoms with E-state index in [1.807, 2.05) is 18.3 Å². The van der Waals surface area contributed by atoms with Gasteiger partial charge < -0.3 is 9.15 Å². The highest BCUT2D eigenvalue weighted by atomic mass is 16.5. The molecule has 6 nitrogen and oxygen atoms in total. The molecule has 144 valence electrons. The molecule has 1 saturated carbocycles. The third-order valence-corrected chi connectivity index (χ3v) is 5.52. The molecule has 3 heterocycles. The van der Waals surface area contributed by atoms with E-state index in [-0.39, 0.29) is 12.6 Å². The van der Waals surface area contributed by atoms with Gasteiger partial charge in [-0.3, -0.25) is 9.69 Å². The monoisotopic (exact) mass is 369 g/mol. The van der Waals surface area contributed by atoms with Gasteiger partial charge in [0.15, 0.2) is 0 Å². The number of furan rings is 1. The first-order valence-electron chi connectivity index (χ1n) is 9.95. The summed E-state index contributed by atoms with van der Waals surface area (Å²) < 4.78 is 10.7. The van der Waals surface area contributed by atoms with Gasteiger partial charge in [-0.15, -0.1) is 0 Å². The van der Waals surface area contributed by atoms with Gasteiger partial charge in [-0.05, 0) is 25.0 Å². The van der Waals surface area contributed by atoms with Crippen molar-refractivity contribution in [1.82, 2.24) is 14.9 Å². The number of carbonyl (C=O) groups is 1. The molecule has 27 heavy (non-hydrogen) atoms. The second-order valence-corrected chi connectivity index (χ2v) is 7.64. The van der Waals surface area contributed by atoms with Crippen LogP contribution in [0.4, 0.5) is 0 Å². The number of hydrogen-bond donors (Lipinski definition) is 0. The fourth-order valence-electron chi connectivity index (χ4n) is 4.06. The number of ether oxygens (including phenoxy) is 1. The molecule has 2 aliphatic rings. The molecule has 2 aromatic rings. The quantitative estimate of drug-likeness (QED) is 0.748. The number of hydrogen-bond acceptors (Lipinski definition) is 6. The van der Waals surface area contributed by atoms with Crippen LogP contribution in [-0.2, 0) is 35.6 Å². The van der Waals surface area contributed by atoms with Crippen molar-refractivity contribution in [1.29, 1.82) is 0 Å². The molecule has 0 N–H and O–H groups in total. The van der Waals surface area contributed by atoms with Gasteiger partial charge in [-0.25, -0.2) is 9.97 Å². The van der Waals surface area contributed by atoms with E-state index in [0.29, 0.717) is 11.7 Å². The lowest BCUT2D eigenvalue weighted by molar-refractivity contribution is -0.142. The van der Waals surface area contributed by atoms with Crippen molar-refractivity contribution < 1.29 is 13.9 Å². The molecule has 0 radical (unpaired) electrons. The maximum atomic E-state index is 10.9. The Morgan fingerprint density at radius 2 is 2.07 bits per heavy atom. The summed E-state index contributed by atoms with van der Waals surface area (Å²) in [5.41, 5.74) is 2.45. The van der Waals surface area contributed by atoms with Crippen molar-refractivity contribution in [3.63, 3.8) is 0 Å². The van der Waals surface area contributed by atoms with Gasteiger partial charge >= 0.3 is 5.97 Å². The van der Waals surface area contributed by atoms with Crippen LogP contribution in [0.15, 0.2) is 22.7 Å². The zero-order chi connectivity index (χ0) is 18.6. The molecule has 1 aliphatic carbocycles. The molecule has 6 heteroatoms.